The molecule has 7 nitrogen and oxygen atoms in total. The lowest BCUT2D eigenvalue weighted by atomic mass is 9.74. The van der Waals surface area contributed by atoms with E-state index in [0.717, 1.165) is 5.56 Å². The van der Waals surface area contributed by atoms with Gasteiger partial charge in [0.05, 0.1) is 23.6 Å². The van der Waals surface area contributed by atoms with E-state index in [1.807, 2.05) is 36.4 Å². The summed E-state index contributed by atoms with van der Waals surface area (Å²) in [6, 6.07) is 23.2. The van der Waals surface area contributed by atoms with E-state index in [2.05, 4.69) is 10.6 Å². The Labute approximate surface area is 212 Å². The maximum atomic E-state index is 14.3. The van der Waals surface area contributed by atoms with Gasteiger partial charge in [-0.25, -0.2) is 4.39 Å². The molecule has 3 amide bonds. The first-order valence-electron chi connectivity index (χ1n) is 12.1. The molecule has 2 N–H and O–H groups in total. The summed E-state index contributed by atoms with van der Waals surface area (Å²) in [5.74, 6) is -3.74. The van der Waals surface area contributed by atoms with Crippen LogP contribution in [0.2, 0.25) is 0 Å². The lowest BCUT2D eigenvalue weighted by molar-refractivity contribution is -0.128. The van der Waals surface area contributed by atoms with Crippen LogP contribution in [0, 0.1) is 17.7 Å². The molecular formula is C29H24FN3O4. The van der Waals surface area contributed by atoms with Gasteiger partial charge in [-0.05, 0) is 29.8 Å². The van der Waals surface area contributed by atoms with Gasteiger partial charge in [-0.2, -0.15) is 0 Å². The number of nitrogens with zero attached hydrogens (tertiary/aromatic N) is 1. The summed E-state index contributed by atoms with van der Waals surface area (Å²) < 4.78 is 20.6. The van der Waals surface area contributed by atoms with E-state index in [4.69, 9.17) is 4.74 Å². The zero-order valence-electron chi connectivity index (χ0n) is 19.7. The van der Waals surface area contributed by atoms with Crippen molar-refractivity contribution in [3.8, 4) is 0 Å². The lowest BCUT2D eigenvalue weighted by Crippen LogP contribution is -2.54. The molecule has 2 bridgehead atoms. The molecular weight excluding hydrogens is 473 g/mol. The predicted molar refractivity (Wildman–Crippen MR) is 135 cm³/mol. The zero-order valence-corrected chi connectivity index (χ0v) is 19.7. The van der Waals surface area contributed by atoms with Gasteiger partial charge >= 0.3 is 0 Å². The summed E-state index contributed by atoms with van der Waals surface area (Å²) in [7, 11) is 0. The Morgan fingerprint density at radius 1 is 0.919 bits per heavy atom. The van der Waals surface area contributed by atoms with Crippen LogP contribution < -0.4 is 15.5 Å². The third-order valence-corrected chi connectivity index (χ3v) is 7.30. The summed E-state index contributed by atoms with van der Waals surface area (Å²) in [5.41, 5.74) is 0.144. The molecule has 6 rings (SSSR count). The van der Waals surface area contributed by atoms with Crippen LogP contribution >= 0.6 is 0 Å². The minimum atomic E-state index is -1.32. The monoisotopic (exact) mass is 497 g/mol. The van der Waals surface area contributed by atoms with E-state index in [0.29, 0.717) is 5.69 Å². The molecule has 3 aliphatic heterocycles. The van der Waals surface area contributed by atoms with E-state index in [9.17, 15) is 18.8 Å². The van der Waals surface area contributed by atoms with Crippen LogP contribution in [0.5, 0.6) is 0 Å². The molecule has 0 radical (unpaired) electrons. The Balaban J connectivity index is 1.35. The molecule has 3 aromatic carbocycles. The maximum Gasteiger partial charge on any atom is 0.246 e. The highest BCUT2D eigenvalue weighted by atomic mass is 19.1. The largest absolute Gasteiger partial charge is 0.359 e. The van der Waals surface area contributed by atoms with Crippen molar-refractivity contribution in [2.24, 2.45) is 11.8 Å². The van der Waals surface area contributed by atoms with Crippen molar-refractivity contribution >= 4 is 29.1 Å². The van der Waals surface area contributed by atoms with Gasteiger partial charge < -0.3 is 15.4 Å². The number of fused-ring (bicyclic) bond motifs is 1. The fourth-order valence-electron chi connectivity index (χ4n) is 5.70. The second-order valence-electron chi connectivity index (χ2n) is 9.42. The molecule has 8 heteroatoms. The average Bonchev–Trinajstić information content (AvgIpc) is 3.57. The Kier molecular flexibility index (Phi) is 5.61. The molecule has 3 heterocycles. The summed E-state index contributed by atoms with van der Waals surface area (Å²) in [6.07, 6.45) is 2.76. The fourth-order valence-corrected chi connectivity index (χ4v) is 5.70. The van der Waals surface area contributed by atoms with E-state index in [1.165, 1.54) is 23.1 Å². The first kappa shape index (κ1) is 23.1. The Hall–Kier alpha value is -4.30. The summed E-state index contributed by atoms with van der Waals surface area (Å²) in [6.45, 7) is 0.276. The first-order valence-corrected chi connectivity index (χ1v) is 12.1. The number of para-hydroxylation sites is 2. The third-order valence-electron chi connectivity index (χ3n) is 7.30. The van der Waals surface area contributed by atoms with Crippen molar-refractivity contribution in [1.82, 2.24) is 5.32 Å². The van der Waals surface area contributed by atoms with Gasteiger partial charge in [-0.15, -0.1) is 0 Å². The second-order valence-corrected chi connectivity index (χ2v) is 9.42. The number of benzene rings is 3. The van der Waals surface area contributed by atoms with E-state index >= 15 is 0 Å². The van der Waals surface area contributed by atoms with Crippen molar-refractivity contribution < 1.29 is 23.5 Å². The molecule has 37 heavy (non-hydrogen) atoms. The Morgan fingerprint density at radius 2 is 1.59 bits per heavy atom. The first-order chi connectivity index (χ1) is 18.0. The van der Waals surface area contributed by atoms with Crippen LogP contribution in [-0.2, 0) is 25.7 Å². The smallest absolute Gasteiger partial charge is 0.246 e. The van der Waals surface area contributed by atoms with Crippen molar-refractivity contribution in [3.63, 3.8) is 0 Å². The summed E-state index contributed by atoms with van der Waals surface area (Å²) in [5, 5.41) is 5.56. The summed E-state index contributed by atoms with van der Waals surface area (Å²) in [4.78, 5) is 42.5. The van der Waals surface area contributed by atoms with Crippen molar-refractivity contribution in [1.29, 1.82) is 0 Å². The molecule has 2 fully saturated rings. The van der Waals surface area contributed by atoms with Gasteiger partial charge in [0.1, 0.15) is 17.5 Å². The van der Waals surface area contributed by atoms with Gasteiger partial charge in [-0.1, -0.05) is 72.8 Å². The van der Waals surface area contributed by atoms with Crippen LogP contribution in [0.1, 0.15) is 5.56 Å². The quantitative estimate of drug-likeness (QED) is 0.511. The van der Waals surface area contributed by atoms with Gasteiger partial charge in [0.25, 0.3) is 0 Å². The number of amides is 3. The number of anilines is 2. The molecule has 3 aliphatic rings. The minimum Gasteiger partial charge on any atom is -0.359 e. The fraction of sp³-hybridized carbons (Fsp3) is 0.207. The van der Waals surface area contributed by atoms with Crippen molar-refractivity contribution in [2.45, 2.75) is 24.3 Å². The molecule has 0 aromatic heterocycles. The molecule has 2 saturated heterocycles. The van der Waals surface area contributed by atoms with E-state index in [-0.39, 0.29) is 24.0 Å². The van der Waals surface area contributed by atoms with Crippen molar-refractivity contribution in [2.75, 3.05) is 10.2 Å². The number of carbonyl (C=O) groups is 3. The molecule has 186 valence electrons. The second kappa shape index (κ2) is 8.97. The van der Waals surface area contributed by atoms with E-state index in [1.54, 1.807) is 42.5 Å². The van der Waals surface area contributed by atoms with Gasteiger partial charge in [0.15, 0.2) is 0 Å². The molecule has 1 spiro atoms. The normalized spacial score (nSPS) is 27.3. The lowest BCUT2D eigenvalue weighted by Gasteiger charge is -2.32. The van der Waals surface area contributed by atoms with Gasteiger partial charge in [0.2, 0.25) is 17.7 Å². The van der Waals surface area contributed by atoms with E-state index < -0.39 is 41.3 Å². The molecule has 5 atom stereocenters. The zero-order chi connectivity index (χ0) is 25.6. The van der Waals surface area contributed by atoms with Gasteiger partial charge in [-0.3, -0.25) is 19.3 Å². The Morgan fingerprint density at radius 3 is 2.32 bits per heavy atom. The number of hydrogen-bond acceptors (Lipinski definition) is 4. The Bertz CT molecular complexity index is 1400. The average molecular weight is 498 g/mol. The SMILES string of the molecule is O=C(Nc1ccccc1F)[C@@H]1[C@H]2C=C[C@]3(O2)[C@H](C(=O)NCc2ccccc2)N(c2ccccc2)C(=O)[C@@H]13. The highest BCUT2D eigenvalue weighted by Crippen LogP contribution is 2.56. The van der Waals surface area contributed by atoms with Crippen LogP contribution in [0.4, 0.5) is 15.8 Å². The van der Waals surface area contributed by atoms with Gasteiger partial charge in [0, 0.05) is 12.2 Å². The highest BCUT2D eigenvalue weighted by molar-refractivity contribution is 6.11. The number of ether oxygens (including phenoxy) is 1. The van der Waals surface area contributed by atoms with Crippen LogP contribution in [0.15, 0.2) is 97.1 Å². The summed E-state index contributed by atoms with van der Waals surface area (Å²) >= 11 is 0. The molecule has 3 aromatic rings. The minimum absolute atomic E-state index is 0.0239. The molecule has 0 saturated carbocycles. The topological polar surface area (TPSA) is 87.7 Å². The third kappa shape index (κ3) is 3.72. The number of halogens is 1. The van der Waals surface area contributed by atoms with Crippen LogP contribution in [0.3, 0.4) is 0 Å². The van der Waals surface area contributed by atoms with Crippen LogP contribution in [0.25, 0.3) is 0 Å². The number of hydrogen-bond donors (Lipinski definition) is 2. The standard InChI is InChI=1S/C29H24FN3O4/c30-20-13-7-8-14-21(20)32-26(34)23-22-15-16-29(37-22)24(23)28(36)33(19-11-5-2-6-12-19)25(29)27(35)31-17-18-9-3-1-4-10-18/h1-16,22-25H,17H2,(H,31,35)(H,32,34)/t22-,23-,24-,25+,29-/m1/s1. The maximum absolute atomic E-state index is 14.3. The van der Waals surface area contributed by atoms with Crippen molar-refractivity contribution in [3.05, 3.63) is 108 Å². The number of nitrogens with one attached hydrogen (secondary N) is 2. The molecule has 0 aliphatic carbocycles. The van der Waals surface area contributed by atoms with Crippen LogP contribution in [-0.4, -0.2) is 35.5 Å². The number of rotatable bonds is 6. The predicted octanol–water partition coefficient (Wildman–Crippen LogP) is 3.44. The highest BCUT2D eigenvalue weighted by Gasteiger charge is 2.73. The number of carbonyl (C=O) groups excluding carboxylic acids is 3. The molecule has 0 unspecified atom stereocenters.